The molecule has 0 bridgehead atoms. The fourth-order valence-corrected chi connectivity index (χ4v) is 4.45. The van der Waals surface area contributed by atoms with E-state index in [4.69, 9.17) is 4.74 Å². The average Bonchev–Trinajstić information content (AvgIpc) is 3.15. The van der Waals surface area contributed by atoms with E-state index in [0.29, 0.717) is 19.1 Å². The maximum Gasteiger partial charge on any atom is 0.254 e. The summed E-state index contributed by atoms with van der Waals surface area (Å²) in [6.07, 6.45) is 3.75. The highest BCUT2D eigenvalue weighted by Gasteiger charge is 2.31. The van der Waals surface area contributed by atoms with E-state index in [1.54, 1.807) is 0 Å². The van der Waals surface area contributed by atoms with Crippen LogP contribution in [0.4, 0.5) is 0 Å². The van der Waals surface area contributed by atoms with Gasteiger partial charge < -0.3 is 14.5 Å². The summed E-state index contributed by atoms with van der Waals surface area (Å²) in [4.78, 5) is 17.9. The highest BCUT2D eigenvalue weighted by molar-refractivity contribution is 5.98. The molecule has 1 amide bonds. The molecule has 4 heteroatoms. The minimum Gasteiger partial charge on any atom is -0.379 e. The summed E-state index contributed by atoms with van der Waals surface area (Å²) in [6, 6.07) is 14.4. The Morgan fingerprint density at radius 1 is 1.07 bits per heavy atom. The van der Waals surface area contributed by atoms with Crippen LogP contribution in [0, 0.1) is 5.92 Å². The Morgan fingerprint density at radius 2 is 1.85 bits per heavy atom. The van der Waals surface area contributed by atoms with E-state index in [-0.39, 0.29) is 11.9 Å². The van der Waals surface area contributed by atoms with Gasteiger partial charge in [0.25, 0.3) is 5.91 Å². The van der Waals surface area contributed by atoms with E-state index in [9.17, 15) is 4.79 Å². The van der Waals surface area contributed by atoms with Crippen LogP contribution >= 0.6 is 0 Å². The molecular weight excluding hydrogens is 336 g/mol. The largest absolute Gasteiger partial charge is 0.379 e. The number of rotatable bonds is 4. The van der Waals surface area contributed by atoms with E-state index in [0.717, 1.165) is 30.5 Å². The van der Waals surface area contributed by atoms with Gasteiger partial charge in [0, 0.05) is 24.1 Å². The monoisotopic (exact) mass is 366 g/mol. The smallest absolute Gasteiger partial charge is 0.254 e. The van der Waals surface area contributed by atoms with Crippen molar-refractivity contribution < 1.29 is 9.53 Å². The molecule has 0 aromatic heterocycles. The van der Waals surface area contributed by atoms with Crippen LogP contribution in [0.25, 0.3) is 10.8 Å². The molecule has 4 nitrogen and oxygen atoms in total. The lowest BCUT2D eigenvalue weighted by Gasteiger charge is -2.32. The fourth-order valence-electron chi connectivity index (χ4n) is 4.45. The molecule has 27 heavy (non-hydrogen) atoms. The van der Waals surface area contributed by atoms with E-state index in [1.807, 2.05) is 35.2 Å². The standard InChI is InChI=1S/C23H30N2O2/c1-18-22(10-13-24-11-4-5-12-24)17-27-15-14-25(18)23(26)21-9-8-19-6-2-3-7-20(19)16-21/h2-3,6-9,16,18,22H,4-5,10-15,17H2,1H3/t18-,22+/m1/s1. The van der Waals surface area contributed by atoms with Crippen molar-refractivity contribution in [2.24, 2.45) is 5.92 Å². The summed E-state index contributed by atoms with van der Waals surface area (Å²) in [5.41, 5.74) is 0.778. The molecule has 2 atom stereocenters. The number of hydrogen-bond donors (Lipinski definition) is 0. The summed E-state index contributed by atoms with van der Waals surface area (Å²) in [7, 11) is 0. The third kappa shape index (κ3) is 4.17. The van der Waals surface area contributed by atoms with Crippen molar-refractivity contribution in [3.63, 3.8) is 0 Å². The van der Waals surface area contributed by atoms with Crippen LogP contribution < -0.4 is 0 Å². The quantitative estimate of drug-likeness (QED) is 0.825. The minimum absolute atomic E-state index is 0.130. The summed E-state index contributed by atoms with van der Waals surface area (Å²) in [5, 5.41) is 2.29. The fraction of sp³-hybridized carbons (Fsp3) is 0.522. The van der Waals surface area contributed by atoms with Crippen LogP contribution in [0.15, 0.2) is 42.5 Å². The lowest BCUT2D eigenvalue weighted by Crippen LogP contribution is -2.43. The predicted octanol–water partition coefficient (Wildman–Crippen LogP) is 3.80. The Morgan fingerprint density at radius 3 is 2.67 bits per heavy atom. The first kappa shape index (κ1) is 18.5. The highest BCUT2D eigenvalue weighted by atomic mass is 16.5. The zero-order valence-corrected chi connectivity index (χ0v) is 16.3. The van der Waals surface area contributed by atoms with Gasteiger partial charge in [-0.1, -0.05) is 30.3 Å². The van der Waals surface area contributed by atoms with Gasteiger partial charge in [0.1, 0.15) is 0 Å². The second-order valence-electron chi connectivity index (χ2n) is 7.97. The predicted molar refractivity (Wildman–Crippen MR) is 109 cm³/mol. The normalized spacial score (nSPS) is 24.3. The molecule has 2 aliphatic heterocycles. The molecule has 2 saturated heterocycles. The van der Waals surface area contributed by atoms with E-state index >= 15 is 0 Å². The number of carbonyl (C=O) groups excluding carboxylic acids is 1. The molecule has 2 heterocycles. The second-order valence-corrected chi connectivity index (χ2v) is 7.97. The molecule has 0 aliphatic carbocycles. The highest BCUT2D eigenvalue weighted by Crippen LogP contribution is 2.24. The molecule has 0 saturated carbocycles. The van der Waals surface area contributed by atoms with Crippen molar-refractivity contribution >= 4 is 16.7 Å². The van der Waals surface area contributed by atoms with Gasteiger partial charge in [-0.15, -0.1) is 0 Å². The SMILES string of the molecule is C[C@@H]1[C@@H](CCN2CCCC2)COCCN1C(=O)c1ccc2ccccc2c1. The van der Waals surface area contributed by atoms with Gasteiger partial charge in [0.05, 0.1) is 13.2 Å². The minimum atomic E-state index is 0.130. The molecule has 2 fully saturated rings. The number of benzene rings is 2. The molecule has 0 unspecified atom stereocenters. The van der Waals surface area contributed by atoms with Crippen molar-refractivity contribution in [1.82, 2.24) is 9.80 Å². The number of carbonyl (C=O) groups is 1. The van der Waals surface area contributed by atoms with Crippen LogP contribution in [-0.4, -0.2) is 61.1 Å². The summed E-state index contributed by atoms with van der Waals surface area (Å²) in [6.45, 7) is 7.83. The molecule has 2 aromatic rings. The van der Waals surface area contributed by atoms with Crippen molar-refractivity contribution in [2.75, 3.05) is 39.4 Å². The molecule has 0 spiro atoms. The van der Waals surface area contributed by atoms with Gasteiger partial charge in [-0.25, -0.2) is 0 Å². The topological polar surface area (TPSA) is 32.8 Å². The summed E-state index contributed by atoms with van der Waals surface area (Å²) >= 11 is 0. The van der Waals surface area contributed by atoms with Crippen LogP contribution in [0.2, 0.25) is 0 Å². The Labute approximate surface area is 162 Å². The number of hydrogen-bond acceptors (Lipinski definition) is 3. The van der Waals surface area contributed by atoms with Gasteiger partial charge in [-0.05, 0) is 68.7 Å². The molecule has 0 N–H and O–H groups in total. The van der Waals surface area contributed by atoms with Crippen molar-refractivity contribution in [1.29, 1.82) is 0 Å². The third-order valence-electron chi connectivity index (χ3n) is 6.25. The zero-order chi connectivity index (χ0) is 18.6. The third-order valence-corrected chi connectivity index (χ3v) is 6.25. The van der Waals surface area contributed by atoms with Gasteiger partial charge >= 0.3 is 0 Å². The lowest BCUT2D eigenvalue weighted by molar-refractivity contribution is 0.0652. The van der Waals surface area contributed by atoms with Gasteiger partial charge in [-0.2, -0.15) is 0 Å². The van der Waals surface area contributed by atoms with E-state index in [1.165, 1.54) is 31.3 Å². The number of amides is 1. The Bertz CT molecular complexity index is 785. The first-order valence-electron chi connectivity index (χ1n) is 10.3. The van der Waals surface area contributed by atoms with Crippen molar-refractivity contribution in [3.8, 4) is 0 Å². The Hall–Kier alpha value is -1.91. The molecule has 0 radical (unpaired) electrons. The van der Waals surface area contributed by atoms with Gasteiger partial charge in [0.15, 0.2) is 0 Å². The molecule has 2 aliphatic rings. The molecule has 144 valence electrons. The van der Waals surface area contributed by atoms with E-state index < -0.39 is 0 Å². The summed E-state index contributed by atoms with van der Waals surface area (Å²) < 4.78 is 5.87. The van der Waals surface area contributed by atoms with Crippen LogP contribution in [0.5, 0.6) is 0 Å². The molecular formula is C23H30N2O2. The lowest BCUT2D eigenvalue weighted by atomic mass is 9.96. The molecule has 2 aromatic carbocycles. The Balaban J connectivity index is 1.48. The van der Waals surface area contributed by atoms with Crippen LogP contribution in [0.1, 0.15) is 36.5 Å². The van der Waals surface area contributed by atoms with Crippen molar-refractivity contribution in [2.45, 2.75) is 32.2 Å². The first-order valence-corrected chi connectivity index (χ1v) is 10.3. The maximum atomic E-state index is 13.3. The second kappa shape index (κ2) is 8.41. The Kier molecular flexibility index (Phi) is 5.74. The number of fused-ring (bicyclic) bond motifs is 1. The van der Waals surface area contributed by atoms with Crippen molar-refractivity contribution in [3.05, 3.63) is 48.0 Å². The number of likely N-dealkylation sites (tertiary alicyclic amines) is 1. The molecule has 4 rings (SSSR count). The zero-order valence-electron chi connectivity index (χ0n) is 16.3. The van der Waals surface area contributed by atoms with Gasteiger partial charge in [-0.3, -0.25) is 4.79 Å². The van der Waals surface area contributed by atoms with Gasteiger partial charge in [0.2, 0.25) is 0 Å². The van der Waals surface area contributed by atoms with E-state index in [2.05, 4.69) is 24.0 Å². The summed E-state index contributed by atoms with van der Waals surface area (Å²) in [5.74, 6) is 0.530. The maximum absolute atomic E-state index is 13.3. The van der Waals surface area contributed by atoms with Crippen LogP contribution in [-0.2, 0) is 4.74 Å². The number of nitrogens with zero attached hydrogens (tertiary/aromatic N) is 2. The first-order chi connectivity index (χ1) is 13.2. The van der Waals surface area contributed by atoms with Crippen LogP contribution in [0.3, 0.4) is 0 Å². The average molecular weight is 367 g/mol. The number of ether oxygens (including phenoxy) is 1.